The van der Waals surface area contributed by atoms with Crippen LogP contribution in [0, 0.1) is 0 Å². The average molecular weight is 595 g/mol. The lowest BCUT2D eigenvalue weighted by Crippen LogP contribution is -2.51. The maximum absolute atomic E-state index is 13.9. The summed E-state index contributed by atoms with van der Waals surface area (Å²) in [6.07, 6.45) is -6.00. The number of hydrogen-bond donors (Lipinski definition) is 2. The van der Waals surface area contributed by atoms with Crippen LogP contribution in [-0.4, -0.2) is 48.4 Å². The third kappa shape index (κ3) is 7.35. The number of amides is 1. The van der Waals surface area contributed by atoms with Crippen molar-refractivity contribution in [2.24, 2.45) is 15.2 Å². The number of carbonyl (C=O) groups excluding carboxylic acids is 1. The highest BCUT2D eigenvalue weighted by atomic mass is 19.4. The summed E-state index contributed by atoms with van der Waals surface area (Å²) in [5, 5.41) is 18.3. The van der Waals surface area contributed by atoms with Gasteiger partial charge >= 0.3 is 6.18 Å². The minimum atomic E-state index is -4.73. The maximum atomic E-state index is 13.9. The standard InChI is InChI=1S/C28H25F3N8O4/c29-28(30,31)17-34-26(41)27(16-19-6-1-3-8-22(19)36-38-32)24(21-7-2-4-9-23(21)37-39-33)43-25(35-27)18-10-12-20(13-11-18)42-15-5-14-40/h1-4,6-13,24,40H,5,14-17H2,(H,34,41)/t24-,27-/m1/s1. The van der Waals surface area contributed by atoms with E-state index in [2.05, 4.69) is 25.0 Å². The summed E-state index contributed by atoms with van der Waals surface area (Å²) in [4.78, 5) is 24.2. The van der Waals surface area contributed by atoms with Crippen molar-refractivity contribution < 1.29 is 32.5 Å². The first-order chi connectivity index (χ1) is 20.7. The van der Waals surface area contributed by atoms with Crippen LogP contribution in [0.1, 0.15) is 29.2 Å². The maximum Gasteiger partial charge on any atom is 0.405 e. The molecule has 0 unspecified atom stereocenters. The number of aliphatic hydroxyl groups excluding tert-OH is 1. The smallest absolute Gasteiger partial charge is 0.405 e. The first-order valence-electron chi connectivity index (χ1n) is 12.9. The third-order valence-corrected chi connectivity index (χ3v) is 6.46. The Morgan fingerprint density at radius 2 is 1.67 bits per heavy atom. The lowest BCUT2D eigenvalue weighted by molar-refractivity contribution is -0.143. The van der Waals surface area contributed by atoms with E-state index in [1.807, 2.05) is 5.32 Å². The summed E-state index contributed by atoms with van der Waals surface area (Å²) in [5.41, 5.74) is 17.3. The molecule has 12 nitrogen and oxygen atoms in total. The highest BCUT2D eigenvalue weighted by molar-refractivity contribution is 6.01. The number of alkyl halides is 3. The molecule has 2 N–H and O–H groups in total. The van der Waals surface area contributed by atoms with E-state index in [0.29, 0.717) is 23.3 Å². The number of benzene rings is 3. The van der Waals surface area contributed by atoms with Gasteiger partial charge in [0.05, 0.1) is 6.61 Å². The van der Waals surface area contributed by atoms with Crippen LogP contribution in [0.3, 0.4) is 0 Å². The summed E-state index contributed by atoms with van der Waals surface area (Å²) in [5.74, 6) is -0.690. The molecule has 0 saturated carbocycles. The van der Waals surface area contributed by atoms with Crippen molar-refractivity contribution in [1.29, 1.82) is 0 Å². The lowest BCUT2D eigenvalue weighted by Gasteiger charge is -2.32. The monoisotopic (exact) mass is 594 g/mol. The van der Waals surface area contributed by atoms with Gasteiger partial charge in [0.15, 0.2) is 11.6 Å². The molecule has 1 amide bonds. The average Bonchev–Trinajstić information content (AvgIpc) is 3.38. The van der Waals surface area contributed by atoms with Gasteiger partial charge in [-0.1, -0.05) is 58.8 Å². The summed E-state index contributed by atoms with van der Waals surface area (Å²) in [6, 6.07) is 18.9. The van der Waals surface area contributed by atoms with E-state index in [1.54, 1.807) is 54.6 Å². The van der Waals surface area contributed by atoms with E-state index in [9.17, 15) is 23.5 Å². The Balaban J connectivity index is 1.89. The van der Waals surface area contributed by atoms with E-state index in [1.165, 1.54) is 18.2 Å². The van der Waals surface area contributed by atoms with Gasteiger partial charge < -0.3 is 19.9 Å². The normalized spacial score (nSPS) is 17.6. The van der Waals surface area contributed by atoms with Gasteiger partial charge in [-0.05, 0) is 40.9 Å². The van der Waals surface area contributed by atoms with Gasteiger partial charge in [-0.15, -0.1) is 0 Å². The van der Waals surface area contributed by atoms with E-state index in [-0.39, 0.29) is 42.5 Å². The zero-order valence-electron chi connectivity index (χ0n) is 22.5. The topological polar surface area (TPSA) is 178 Å². The summed E-state index contributed by atoms with van der Waals surface area (Å²) in [7, 11) is 0. The number of hydrogen-bond acceptors (Lipinski definition) is 7. The zero-order valence-corrected chi connectivity index (χ0v) is 22.5. The largest absolute Gasteiger partial charge is 0.494 e. The molecule has 0 spiro atoms. The van der Waals surface area contributed by atoms with E-state index >= 15 is 0 Å². The fourth-order valence-electron chi connectivity index (χ4n) is 4.54. The van der Waals surface area contributed by atoms with Gasteiger partial charge in [0, 0.05) is 51.8 Å². The second-order valence-corrected chi connectivity index (χ2v) is 9.33. The van der Waals surface area contributed by atoms with Crippen molar-refractivity contribution in [3.8, 4) is 5.75 Å². The second kappa shape index (κ2) is 13.6. The Morgan fingerprint density at radius 1 is 1.02 bits per heavy atom. The van der Waals surface area contributed by atoms with Crippen molar-refractivity contribution in [3.05, 3.63) is 110 Å². The van der Waals surface area contributed by atoms with Crippen LogP contribution < -0.4 is 10.1 Å². The molecule has 3 aromatic carbocycles. The Hall–Kier alpha value is -5.23. The fourth-order valence-corrected chi connectivity index (χ4v) is 4.54. The predicted octanol–water partition coefficient (Wildman–Crippen LogP) is 6.51. The van der Waals surface area contributed by atoms with Crippen LogP contribution >= 0.6 is 0 Å². The molecule has 15 heteroatoms. The van der Waals surface area contributed by atoms with Gasteiger partial charge in [-0.3, -0.25) is 4.79 Å². The molecule has 1 heterocycles. The van der Waals surface area contributed by atoms with Gasteiger partial charge in [0.2, 0.25) is 5.90 Å². The number of aliphatic imine (C=N–C) groups is 1. The van der Waals surface area contributed by atoms with Crippen LogP contribution in [0.25, 0.3) is 20.9 Å². The minimum Gasteiger partial charge on any atom is -0.494 e. The highest BCUT2D eigenvalue weighted by Crippen LogP contribution is 2.46. The molecule has 0 fully saturated rings. The van der Waals surface area contributed by atoms with Crippen molar-refractivity contribution in [2.75, 3.05) is 19.8 Å². The molecule has 1 aliphatic rings. The Morgan fingerprint density at radius 3 is 2.35 bits per heavy atom. The van der Waals surface area contributed by atoms with E-state index < -0.39 is 30.3 Å². The van der Waals surface area contributed by atoms with Crippen LogP contribution in [0.15, 0.2) is 88.0 Å². The van der Waals surface area contributed by atoms with Crippen molar-refractivity contribution >= 4 is 23.2 Å². The van der Waals surface area contributed by atoms with Crippen LogP contribution in [0.5, 0.6) is 5.75 Å². The van der Waals surface area contributed by atoms with Gasteiger partial charge in [0.1, 0.15) is 12.3 Å². The van der Waals surface area contributed by atoms with E-state index in [0.717, 1.165) is 0 Å². The van der Waals surface area contributed by atoms with Crippen LogP contribution in [-0.2, 0) is 16.0 Å². The second-order valence-electron chi connectivity index (χ2n) is 9.33. The Labute approximate surface area is 243 Å². The number of ether oxygens (including phenoxy) is 2. The molecule has 0 aliphatic carbocycles. The fraction of sp³-hybridized carbons (Fsp3) is 0.286. The summed E-state index contributed by atoms with van der Waals surface area (Å²) in [6.45, 7) is -1.40. The van der Waals surface area contributed by atoms with Gasteiger partial charge in [-0.25, -0.2) is 4.99 Å². The molecular weight excluding hydrogens is 569 g/mol. The Bertz CT molecular complexity index is 1590. The number of nitrogens with one attached hydrogen (secondary N) is 1. The molecule has 3 aromatic rings. The minimum absolute atomic E-state index is 0.0390. The molecular formula is C28H25F3N8O4. The van der Waals surface area contributed by atoms with Crippen molar-refractivity contribution in [1.82, 2.24) is 5.32 Å². The summed E-state index contributed by atoms with van der Waals surface area (Å²) >= 11 is 0. The first-order valence-corrected chi connectivity index (χ1v) is 12.9. The van der Waals surface area contributed by atoms with Crippen molar-refractivity contribution in [2.45, 2.75) is 30.7 Å². The predicted molar refractivity (Wildman–Crippen MR) is 150 cm³/mol. The quantitative estimate of drug-likeness (QED) is 0.105. The third-order valence-electron chi connectivity index (χ3n) is 6.46. The number of azide groups is 2. The zero-order chi connectivity index (χ0) is 30.9. The highest BCUT2D eigenvalue weighted by Gasteiger charge is 2.54. The summed E-state index contributed by atoms with van der Waals surface area (Å²) < 4.78 is 51.6. The molecule has 43 heavy (non-hydrogen) atoms. The van der Waals surface area contributed by atoms with Gasteiger partial charge in [0.25, 0.3) is 5.91 Å². The van der Waals surface area contributed by atoms with E-state index in [4.69, 9.17) is 20.1 Å². The molecule has 222 valence electrons. The van der Waals surface area contributed by atoms with Crippen molar-refractivity contribution in [3.63, 3.8) is 0 Å². The first kappa shape index (κ1) is 30.7. The van der Waals surface area contributed by atoms with Crippen LogP contribution in [0.4, 0.5) is 24.5 Å². The number of nitrogens with zero attached hydrogens (tertiary/aromatic N) is 7. The molecule has 0 saturated heterocycles. The molecule has 2 atom stereocenters. The molecule has 4 rings (SSSR count). The molecule has 1 aliphatic heterocycles. The number of carbonyl (C=O) groups is 1. The SMILES string of the molecule is [N-]=[N+]=Nc1ccccc1C[C@@]1(C(=O)NCC(F)(F)F)N=C(c2ccc(OCCCO)cc2)O[C@@H]1c1ccccc1N=[N+]=[N-]. The van der Waals surface area contributed by atoms with Gasteiger partial charge in [-0.2, -0.15) is 13.2 Å². The number of halogens is 3. The number of rotatable bonds is 12. The number of aliphatic hydroxyl groups is 1. The molecule has 0 aromatic heterocycles. The molecule has 0 bridgehead atoms. The Kier molecular flexibility index (Phi) is 9.73. The lowest BCUT2D eigenvalue weighted by atomic mass is 9.81. The van der Waals surface area contributed by atoms with Crippen LogP contribution in [0.2, 0.25) is 0 Å². The molecule has 0 radical (unpaired) electrons.